The molecule has 2 fully saturated rings. The van der Waals surface area contributed by atoms with Gasteiger partial charge in [-0.25, -0.2) is 0 Å². The summed E-state index contributed by atoms with van der Waals surface area (Å²) in [7, 11) is 0. The molecule has 0 aromatic heterocycles. The summed E-state index contributed by atoms with van der Waals surface area (Å²) in [4.78, 5) is 27.0. The van der Waals surface area contributed by atoms with Gasteiger partial charge in [-0.2, -0.15) is 0 Å². The lowest BCUT2D eigenvalue weighted by Crippen LogP contribution is -2.46. The summed E-state index contributed by atoms with van der Waals surface area (Å²) in [5, 5.41) is 6.30. The van der Waals surface area contributed by atoms with Crippen LogP contribution in [0.5, 0.6) is 0 Å². The first kappa shape index (κ1) is 17.9. The Balaban J connectivity index is 1.64. The maximum absolute atomic E-state index is 12.9. The van der Waals surface area contributed by atoms with Gasteiger partial charge in [-0.1, -0.05) is 13.8 Å². The molecule has 0 radical (unpaired) electrons. The van der Waals surface area contributed by atoms with Gasteiger partial charge >= 0.3 is 0 Å². The predicted octanol–water partition coefficient (Wildman–Crippen LogP) is 2.89. The molecule has 1 saturated carbocycles. The number of benzene rings is 1. The number of hydrogen-bond donors (Lipinski definition) is 2. The van der Waals surface area contributed by atoms with Crippen molar-refractivity contribution in [1.82, 2.24) is 10.2 Å². The van der Waals surface area contributed by atoms with Crippen molar-refractivity contribution in [3.05, 3.63) is 29.8 Å². The Morgan fingerprint density at radius 1 is 1.20 bits per heavy atom. The molecule has 2 unspecified atom stereocenters. The summed E-state index contributed by atoms with van der Waals surface area (Å²) in [6.45, 7) is 6.95. The highest BCUT2D eigenvalue weighted by Gasteiger charge is 2.39. The van der Waals surface area contributed by atoms with Gasteiger partial charge in [-0.05, 0) is 69.0 Å². The van der Waals surface area contributed by atoms with Crippen molar-refractivity contribution in [2.45, 2.75) is 45.6 Å². The lowest BCUT2D eigenvalue weighted by Gasteiger charge is -2.34. The second-order valence-electron chi connectivity index (χ2n) is 7.37. The monoisotopic (exact) mass is 343 g/mol. The highest BCUT2D eigenvalue weighted by atomic mass is 16.2. The molecule has 2 atom stereocenters. The van der Waals surface area contributed by atoms with Crippen LogP contribution in [0.3, 0.4) is 0 Å². The van der Waals surface area contributed by atoms with E-state index in [-0.39, 0.29) is 17.7 Å². The summed E-state index contributed by atoms with van der Waals surface area (Å²) in [5.41, 5.74) is 1.47. The summed E-state index contributed by atoms with van der Waals surface area (Å²) in [6, 6.07) is 7.66. The maximum atomic E-state index is 12.9. The minimum absolute atomic E-state index is 0.0916. The van der Waals surface area contributed by atoms with E-state index in [4.69, 9.17) is 0 Å². The third kappa shape index (κ3) is 4.40. The lowest BCUT2D eigenvalue weighted by atomic mass is 10.0. The van der Waals surface area contributed by atoms with Gasteiger partial charge in [0.05, 0.1) is 0 Å². The zero-order valence-corrected chi connectivity index (χ0v) is 15.3. The molecule has 136 valence electrons. The predicted molar refractivity (Wildman–Crippen MR) is 99.6 cm³/mol. The number of carbonyl (C=O) groups excluding carboxylic acids is 2. The van der Waals surface area contributed by atoms with Crippen molar-refractivity contribution in [3.8, 4) is 0 Å². The zero-order valence-electron chi connectivity index (χ0n) is 15.3. The first-order valence-corrected chi connectivity index (χ1v) is 9.52. The molecular formula is C20H29N3O2. The highest BCUT2D eigenvalue weighted by Crippen LogP contribution is 2.38. The van der Waals surface area contributed by atoms with Gasteiger partial charge in [0.15, 0.2) is 0 Å². The van der Waals surface area contributed by atoms with Gasteiger partial charge in [0.2, 0.25) is 5.91 Å². The summed E-state index contributed by atoms with van der Waals surface area (Å²) >= 11 is 0. The number of piperidine rings is 1. The van der Waals surface area contributed by atoms with Gasteiger partial charge in [0, 0.05) is 29.8 Å². The molecule has 3 rings (SSSR count). The number of nitrogens with zero attached hydrogens (tertiary/aromatic N) is 1. The normalized spacial score (nSPS) is 23.1. The molecule has 0 spiro atoms. The van der Waals surface area contributed by atoms with Gasteiger partial charge in [0.1, 0.15) is 0 Å². The van der Waals surface area contributed by atoms with Crippen molar-refractivity contribution in [2.24, 2.45) is 11.8 Å². The fourth-order valence-corrected chi connectivity index (χ4v) is 3.59. The Morgan fingerprint density at radius 3 is 2.40 bits per heavy atom. The molecule has 1 heterocycles. The van der Waals surface area contributed by atoms with E-state index >= 15 is 0 Å². The Labute approximate surface area is 150 Å². The van der Waals surface area contributed by atoms with Crippen LogP contribution in [0.1, 0.15) is 49.9 Å². The van der Waals surface area contributed by atoms with Crippen LogP contribution < -0.4 is 10.6 Å². The maximum Gasteiger partial charge on any atom is 0.254 e. The molecule has 1 aliphatic carbocycles. The summed E-state index contributed by atoms with van der Waals surface area (Å²) in [6.07, 6.45) is 3.97. The Hall–Kier alpha value is -1.88. The van der Waals surface area contributed by atoms with Crippen molar-refractivity contribution in [1.29, 1.82) is 0 Å². The van der Waals surface area contributed by atoms with Gasteiger partial charge < -0.3 is 15.5 Å². The fourth-order valence-electron chi connectivity index (χ4n) is 3.59. The molecule has 5 heteroatoms. The number of carbonyl (C=O) groups is 2. The first-order valence-electron chi connectivity index (χ1n) is 9.52. The number of amides is 2. The van der Waals surface area contributed by atoms with Crippen molar-refractivity contribution >= 4 is 17.5 Å². The van der Waals surface area contributed by atoms with E-state index in [1.54, 1.807) is 0 Å². The van der Waals surface area contributed by atoms with E-state index in [0.717, 1.165) is 51.0 Å². The topological polar surface area (TPSA) is 61.4 Å². The van der Waals surface area contributed by atoms with E-state index < -0.39 is 0 Å². The Morgan fingerprint density at radius 2 is 1.84 bits per heavy atom. The van der Waals surface area contributed by atoms with E-state index in [0.29, 0.717) is 17.5 Å². The van der Waals surface area contributed by atoms with Crippen LogP contribution in [0, 0.1) is 11.8 Å². The molecule has 2 amide bonds. The molecule has 2 aliphatic rings. The van der Waals surface area contributed by atoms with Crippen molar-refractivity contribution in [2.75, 3.05) is 25.0 Å². The molecule has 5 nitrogen and oxygen atoms in total. The summed E-state index contributed by atoms with van der Waals surface area (Å²) in [5.74, 6) is 0.839. The molecule has 0 bridgehead atoms. The second-order valence-corrected chi connectivity index (χ2v) is 7.37. The molecule has 2 N–H and O–H groups in total. The van der Waals surface area contributed by atoms with Crippen LogP contribution in [0.15, 0.2) is 24.3 Å². The van der Waals surface area contributed by atoms with Crippen LogP contribution in [0.2, 0.25) is 0 Å². The Kier molecular flexibility index (Phi) is 5.74. The number of nitrogens with one attached hydrogen (secondary N) is 2. The van der Waals surface area contributed by atoms with Crippen LogP contribution in [0.4, 0.5) is 5.69 Å². The van der Waals surface area contributed by atoms with Crippen LogP contribution in [0.25, 0.3) is 0 Å². The molecule has 1 aromatic carbocycles. The fraction of sp³-hybridized carbons (Fsp3) is 0.600. The van der Waals surface area contributed by atoms with Crippen LogP contribution in [-0.4, -0.2) is 42.4 Å². The third-order valence-electron chi connectivity index (χ3n) is 5.32. The number of hydrogen-bond acceptors (Lipinski definition) is 3. The standard InChI is InChI=1S/C20H29N3O2/c1-3-12-23(17-8-10-21-11-9-17)20(25)15-4-6-16(7-5-15)22-19(24)18-13-14(18)2/h4-7,14,17-18,21H,3,8-13H2,1-2H3,(H,22,24). The van der Waals surface area contributed by atoms with Crippen LogP contribution in [-0.2, 0) is 4.79 Å². The van der Waals surface area contributed by atoms with Crippen molar-refractivity contribution in [3.63, 3.8) is 0 Å². The zero-order chi connectivity index (χ0) is 17.8. The van der Waals surface area contributed by atoms with Crippen LogP contribution >= 0.6 is 0 Å². The van der Waals surface area contributed by atoms with Gasteiger partial charge in [0.25, 0.3) is 5.91 Å². The smallest absolute Gasteiger partial charge is 0.254 e. The minimum atomic E-state index is 0.0916. The lowest BCUT2D eigenvalue weighted by molar-refractivity contribution is -0.117. The van der Waals surface area contributed by atoms with Crippen molar-refractivity contribution < 1.29 is 9.59 Å². The quantitative estimate of drug-likeness (QED) is 0.835. The molecule has 1 saturated heterocycles. The average molecular weight is 343 g/mol. The van der Waals surface area contributed by atoms with E-state index in [1.165, 1.54) is 0 Å². The third-order valence-corrected chi connectivity index (χ3v) is 5.32. The van der Waals surface area contributed by atoms with E-state index in [9.17, 15) is 9.59 Å². The molecule has 25 heavy (non-hydrogen) atoms. The largest absolute Gasteiger partial charge is 0.336 e. The number of anilines is 1. The first-order chi connectivity index (χ1) is 12.1. The van der Waals surface area contributed by atoms with E-state index in [1.807, 2.05) is 29.2 Å². The second kappa shape index (κ2) is 8.00. The molecular weight excluding hydrogens is 314 g/mol. The van der Waals surface area contributed by atoms with E-state index in [2.05, 4.69) is 24.5 Å². The average Bonchev–Trinajstić information content (AvgIpc) is 3.37. The highest BCUT2D eigenvalue weighted by molar-refractivity contribution is 5.97. The molecule has 1 aliphatic heterocycles. The minimum Gasteiger partial charge on any atom is -0.336 e. The SMILES string of the molecule is CCCN(C(=O)c1ccc(NC(=O)C2CC2C)cc1)C1CCNCC1. The van der Waals surface area contributed by atoms with Gasteiger partial charge in [-0.15, -0.1) is 0 Å². The molecule has 1 aromatic rings. The summed E-state index contributed by atoms with van der Waals surface area (Å²) < 4.78 is 0. The Bertz CT molecular complexity index is 608. The van der Waals surface area contributed by atoms with Gasteiger partial charge in [-0.3, -0.25) is 9.59 Å². The number of rotatable bonds is 6.